The van der Waals surface area contributed by atoms with Gasteiger partial charge in [0.25, 0.3) is 0 Å². The molecule has 0 heterocycles. The zero-order chi connectivity index (χ0) is 13.8. The van der Waals surface area contributed by atoms with E-state index in [0.29, 0.717) is 0 Å². The van der Waals surface area contributed by atoms with Gasteiger partial charge in [-0.15, -0.1) is 0 Å². The fourth-order valence-corrected chi connectivity index (χ4v) is 3.79. The van der Waals surface area contributed by atoms with Crippen molar-refractivity contribution >= 4 is 5.91 Å². The van der Waals surface area contributed by atoms with E-state index in [1.165, 1.54) is 7.11 Å². The third-order valence-electron chi connectivity index (χ3n) is 4.65. The zero-order valence-corrected chi connectivity index (χ0v) is 11.5. The Labute approximate surface area is 112 Å². The number of methoxy groups -OCH3 is 1. The van der Waals surface area contributed by atoms with E-state index in [0.717, 1.165) is 24.8 Å². The van der Waals surface area contributed by atoms with Crippen molar-refractivity contribution in [3.63, 3.8) is 0 Å². The number of ether oxygens (including phenoxy) is 1. The van der Waals surface area contributed by atoms with Crippen LogP contribution >= 0.6 is 0 Å². The molecule has 3 fully saturated rings. The molecule has 102 valence electrons. The highest BCUT2D eigenvalue weighted by Crippen LogP contribution is 2.74. The molecule has 0 radical (unpaired) electrons. The number of rotatable bonds is 3. The Morgan fingerprint density at radius 1 is 1.32 bits per heavy atom. The van der Waals surface area contributed by atoms with Gasteiger partial charge in [0, 0.05) is 14.1 Å². The van der Waals surface area contributed by atoms with Crippen molar-refractivity contribution in [3.05, 3.63) is 29.6 Å². The summed E-state index contributed by atoms with van der Waals surface area (Å²) in [6.45, 7) is 0. The van der Waals surface area contributed by atoms with Crippen molar-refractivity contribution in [2.24, 2.45) is 5.41 Å². The van der Waals surface area contributed by atoms with Crippen molar-refractivity contribution in [3.8, 4) is 5.75 Å². The molecular weight excluding hydrogens is 245 g/mol. The van der Waals surface area contributed by atoms with Crippen molar-refractivity contribution < 1.29 is 13.9 Å². The summed E-state index contributed by atoms with van der Waals surface area (Å²) >= 11 is 0. The van der Waals surface area contributed by atoms with Crippen LogP contribution in [0.5, 0.6) is 5.75 Å². The van der Waals surface area contributed by atoms with Gasteiger partial charge in [0.1, 0.15) is 0 Å². The molecule has 3 saturated carbocycles. The molecule has 0 saturated heterocycles. The zero-order valence-electron chi connectivity index (χ0n) is 11.5. The van der Waals surface area contributed by atoms with E-state index in [1.807, 2.05) is 6.07 Å². The third-order valence-corrected chi connectivity index (χ3v) is 4.65. The third kappa shape index (κ3) is 1.52. The van der Waals surface area contributed by atoms with Crippen LogP contribution in [0.1, 0.15) is 24.8 Å². The Kier molecular flexibility index (Phi) is 2.43. The molecule has 1 amide bonds. The highest BCUT2D eigenvalue weighted by atomic mass is 19.1. The summed E-state index contributed by atoms with van der Waals surface area (Å²) in [4.78, 5) is 13.7. The summed E-state index contributed by atoms with van der Waals surface area (Å²) in [6, 6.07) is 5.15. The highest BCUT2D eigenvalue weighted by molar-refractivity contribution is 5.87. The average Bonchev–Trinajstić information content (AvgIpc) is 2.25. The van der Waals surface area contributed by atoms with Crippen LogP contribution in [0.3, 0.4) is 0 Å². The van der Waals surface area contributed by atoms with Crippen LogP contribution < -0.4 is 4.74 Å². The minimum absolute atomic E-state index is 0.0266. The maximum absolute atomic E-state index is 13.7. The fourth-order valence-electron chi connectivity index (χ4n) is 3.79. The van der Waals surface area contributed by atoms with Crippen molar-refractivity contribution in [2.45, 2.75) is 24.7 Å². The first-order valence-corrected chi connectivity index (χ1v) is 6.48. The van der Waals surface area contributed by atoms with E-state index in [-0.39, 0.29) is 28.3 Å². The molecule has 0 aromatic heterocycles. The van der Waals surface area contributed by atoms with Crippen LogP contribution in [0, 0.1) is 11.2 Å². The van der Waals surface area contributed by atoms with E-state index in [1.54, 1.807) is 31.1 Å². The van der Waals surface area contributed by atoms with Gasteiger partial charge in [0.2, 0.25) is 5.91 Å². The van der Waals surface area contributed by atoms with E-state index in [4.69, 9.17) is 4.74 Å². The molecule has 0 atom stereocenters. The SMILES string of the molecule is COc1ccc(C23CC(C(=O)N(C)C)(C2)C3)cc1F. The van der Waals surface area contributed by atoms with Gasteiger partial charge in [-0.1, -0.05) is 6.07 Å². The standard InChI is InChI=1S/C15H18FNO2/c1-17(2)13(18)15-7-14(8-15,9-15)10-4-5-12(19-3)11(16)6-10/h4-6H,7-9H2,1-3H3. The van der Waals surface area contributed by atoms with Crippen LogP contribution in [0.4, 0.5) is 4.39 Å². The second-order valence-electron chi connectivity index (χ2n) is 6.14. The monoisotopic (exact) mass is 263 g/mol. The van der Waals surface area contributed by atoms with Crippen LogP contribution in [0.15, 0.2) is 18.2 Å². The molecule has 4 heteroatoms. The van der Waals surface area contributed by atoms with Gasteiger partial charge < -0.3 is 9.64 Å². The van der Waals surface area contributed by atoms with Crippen molar-refractivity contribution in [2.75, 3.05) is 21.2 Å². The number of halogens is 1. The summed E-state index contributed by atoms with van der Waals surface area (Å²) in [5.41, 5.74) is 0.859. The summed E-state index contributed by atoms with van der Waals surface area (Å²) in [7, 11) is 5.05. The predicted octanol–water partition coefficient (Wildman–Crippen LogP) is 2.34. The first kappa shape index (κ1) is 12.5. The maximum Gasteiger partial charge on any atom is 0.228 e. The van der Waals surface area contributed by atoms with Gasteiger partial charge in [-0.25, -0.2) is 4.39 Å². The Hall–Kier alpha value is -1.58. The van der Waals surface area contributed by atoms with E-state index in [9.17, 15) is 9.18 Å². The lowest BCUT2D eigenvalue weighted by Gasteiger charge is -2.70. The Balaban J connectivity index is 1.78. The minimum Gasteiger partial charge on any atom is -0.494 e. The normalized spacial score (nSPS) is 31.2. The smallest absolute Gasteiger partial charge is 0.228 e. The fraction of sp³-hybridized carbons (Fsp3) is 0.533. The Bertz CT molecular complexity index is 533. The van der Waals surface area contributed by atoms with Crippen LogP contribution in [0.2, 0.25) is 0 Å². The molecule has 3 aliphatic carbocycles. The van der Waals surface area contributed by atoms with Crippen LogP contribution in [0.25, 0.3) is 0 Å². The largest absolute Gasteiger partial charge is 0.494 e. The first-order chi connectivity index (χ1) is 8.92. The number of nitrogens with zero attached hydrogens (tertiary/aromatic N) is 1. The number of carbonyl (C=O) groups excluding carboxylic acids is 1. The minimum atomic E-state index is -0.322. The second kappa shape index (κ2) is 3.71. The number of amides is 1. The van der Waals surface area contributed by atoms with Gasteiger partial charge in [-0.05, 0) is 42.4 Å². The molecule has 4 rings (SSSR count). The summed E-state index contributed by atoms with van der Waals surface area (Å²) in [6.07, 6.45) is 2.55. The van der Waals surface area contributed by atoms with Crippen molar-refractivity contribution in [1.29, 1.82) is 0 Å². The second-order valence-corrected chi connectivity index (χ2v) is 6.14. The van der Waals surface area contributed by atoms with Gasteiger partial charge in [0.05, 0.1) is 12.5 Å². The van der Waals surface area contributed by atoms with Gasteiger partial charge in [0.15, 0.2) is 11.6 Å². The molecule has 19 heavy (non-hydrogen) atoms. The lowest BCUT2D eigenvalue weighted by molar-refractivity contribution is -0.184. The van der Waals surface area contributed by atoms with Gasteiger partial charge in [-0.3, -0.25) is 4.79 Å². The van der Waals surface area contributed by atoms with Gasteiger partial charge in [-0.2, -0.15) is 0 Å². The summed E-state index contributed by atoms with van der Waals surface area (Å²) < 4.78 is 18.7. The molecule has 0 N–H and O–H groups in total. The van der Waals surface area contributed by atoms with E-state index in [2.05, 4.69) is 0 Å². The van der Waals surface area contributed by atoms with E-state index < -0.39 is 0 Å². The number of hydrogen-bond acceptors (Lipinski definition) is 2. The quantitative estimate of drug-likeness (QED) is 0.837. The first-order valence-electron chi connectivity index (χ1n) is 6.48. The molecule has 2 bridgehead atoms. The number of benzene rings is 1. The average molecular weight is 263 g/mol. The molecular formula is C15H18FNO2. The molecule has 1 aromatic carbocycles. The molecule has 0 unspecified atom stereocenters. The Morgan fingerprint density at radius 2 is 1.95 bits per heavy atom. The topological polar surface area (TPSA) is 29.5 Å². The summed E-state index contributed by atoms with van der Waals surface area (Å²) in [5.74, 6) is 0.162. The van der Waals surface area contributed by atoms with Gasteiger partial charge >= 0.3 is 0 Å². The lowest BCUT2D eigenvalue weighted by Crippen LogP contribution is -2.69. The van der Waals surface area contributed by atoms with E-state index >= 15 is 0 Å². The molecule has 1 aromatic rings. The van der Waals surface area contributed by atoms with Crippen LogP contribution in [-0.4, -0.2) is 32.0 Å². The predicted molar refractivity (Wildman–Crippen MR) is 69.6 cm³/mol. The molecule has 3 nitrogen and oxygen atoms in total. The molecule has 0 aliphatic heterocycles. The van der Waals surface area contributed by atoms with Crippen molar-refractivity contribution in [1.82, 2.24) is 4.90 Å². The number of carbonyl (C=O) groups is 1. The van der Waals surface area contributed by atoms with Crippen LogP contribution in [-0.2, 0) is 10.2 Å². The highest BCUT2D eigenvalue weighted by Gasteiger charge is 2.72. The number of hydrogen-bond donors (Lipinski definition) is 0. The Morgan fingerprint density at radius 3 is 2.42 bits per heavy atom. The lowest BCUT2D eigenvalue weighted by atomic mass is 9.33. The maximum atomic E-state index is 13.7. The molecule has 0 spiro atoms. The molecule has 3 aliphatic rings. The summed E-state index contributed by atoms with van der Waals surface area (Å²) in [5, 5.41) is 0.